The number of ketones is 1. The van der Waals surface area contributed by atoms with Crippen LogP contribution in [-0.2, 0) is 0 Å². The van der Waals surface area contributed by atoms with Gasteiger partial charge in [0, 0.05) is 15.1 Å². The van der Waals surface area contributed by atoms with Crippen molar-refractivity contribution in [2.75, 3.05) is 0 Å². The molecule has 0 heterocycles. The van der Waals surface area contributed by atoms with Crippen molar-refractivity contribution in [3.63, 3.8) is 0 Å². The normalized spacial score (nSPS) is 39.5. The molecule has 2 heteroatoms. The van der Waals surface area contributed by atoms with E-state index in [1.807, 2.05) is 12.1 Å². The van der Waals surface area contributed by atoms with Gasteiger partial charge >= 0.3 is 0 Å². The minimum absolute atomic E-state index is 0.341. The summed E-state index contributed by atoms with van der Waals surface area (Å²) >= 11 is 2.30. The number of hydrogen-bond acceptors (Lipinski definition) is 1. The van der Waals surface area contributed by atoms with Crippen molar-refractivity contribution in [3.05, 3.63) is 33.4 Å². The summed E-state index contributed by atoms with van der Waals surface area (Å²) in [5.41, 5.74) is 0.942. The Kier molecular flexibility index (Phi) is 2.98. The Balaban J connectivity index is 1.62. The fourth-order valence-electron chi connectivity index (χ4n) is 5.16. The number of hydrogen-bond donors (Lipinski definition) is 0. The minimum Gasteiger partial charge on any atom is -0.294 e. The first-order chi connectivity index (χ1) is 9.20. The smallest absolute Gasteiger partial charge is 0.166 e. The Morgan fingerprint density at radius 2 is 1.42 bits per heavy atom. The zero-order chi connectivity index (χ0) is 13.0. The molecule has 0 N–H and O–H groups in total. The molecule has 5 rings (SSSR count). The van der Waals surface area contributed by atoms with Crippen LogP contribution in [0.15, 0.2) is 24.3 Å². The molecule has 4 aliphatic rings. The largest absolute Gasteiger partial charge is 0.294 e. The fourth-order valence-corrected chi connectivity index (χ4v) is 5.52. The van der Waals surface area contributed by atoms with Crippen LogP contribution in [0.1, 0.15) is 42.5 Å². The molecule has 1 aromatic rings. The lowest BCUT2D eigenvalue weighted by atomic mass is 9.51. The van der Waals surface area contributed by atoms with E-state index in [9.17, 15) is 4.79 Å². The van der Waals surface area contributed by atoms with E-state index in [0.29, 0.717) is 23.5 Å². The molecule has 4 bridgehead atoms. The minimum atomic E-state index is 0.341. The molecule has 0 atom stereocenters. The van der Waals surface area contributed by atoms with Crippen LogP contribution < -0.4 is 0 Å². The Morgan fingerprint density at radius 1 is 0.895 bits per heavy atom. The Morgan fingerprint density at radius 3 is 1.95 bits per heavy atom. The summed E-state index contributed by atoms with van der Waals surface area (Å²) < 4.78 is 1.21. The van der Waals surface area contributed by atoms with E-state index < -0.39 is 0 Å². The topological polar surface area (TPSA) is 17.1 Å². The van der Waals surface area contributed by atoms with Gasteiger partial charge in [-0.25, -0.2) is 0 Å². The Hall–Kier alpha value is -0.380. The maximum Gasteiger partial charge on any atom is 0.166 e. The van der Waals surface area contributed by atoms with Crippen molar-refractivity contribution < 1.29 is 4.79 Å². The molecule has 19 heavy (non-hydrogen) atoms. The second-order valence-electron chi connectivity index (χ2n) is 6.83. The van der Waals surface area contributed by atoms with Gasteiger partial charge in [-0.2, -0.15) is 0 Å². The highest BCUT2D eigenvalue weighted by Crippen LogP contribution is 2.57. The zero-order valence-electron chi connectivity index (χ0n) is 11.0. The van der Waals surface area contributed by atoms with E-state index in [0.717, 1.165) is 17.4 Å². The predicted molar refractivity (Wildman–Crippen MR) is 84.0 cm³/mol. The van der Waals surface area contributed by atoms with Crippen molar-refractivity contribution in [1.82, 2.24) is 0 Å². The molecular formula is C17H19IO. The van der Waals surface area contributed by atoms with Gasteiger partial charge in [-0.1, -0.05) is 12.1 Å². The number of benzene rings is 1. The molecule has 4 fully saturated rings. The van der Waals surface area contributed by atoms with Gasteiger partial charge in [-0.15, -0.1) is 0 Å². The highest BCUT2D eigenvalue weighted by molar-refractivity contribution is 14.1. The van der Waals surface area contributed by atoms with E-state index in [4.69, 9.17) is 0 Å². The SMILES string of the molecule is O=C(c1ccc(I)cc1)C1C2CC3CC(C2)CC1C3. The van der Waals surface area contributed by atoms with Crippen LogP contribution in [0.4, 0.5) is 0 Å². The molecule has 100 valence electrons. The van der Waals surface area contributed by atoms with Gasteiger partial charge in [0.25, 0.3) is 0 Å². The van der Waals surface area contributed by atoms with Crippen LogP contribution in [0.3, 0.4) is 0 Å². The first-order valence-electron chi connectivity index (χ1n) is 7.50. The second kappa shape index (κ2) is 4.57. The van der Waals surface area contributed by atoms with Crippen molar-refractivity contribution in [3.8, 4) is 0 Å². The highest BCUT2D eigenvalue weighted by Gasteiger charge is 2.50. The summed E-state index contributed by atoms with van der Waals surface area (Å²) in [5.74, 6) is 4.07. The van der Waals surface area contributed by atoms with Gasteiger partial charge in [0.2, 0.25) is 0 Å². The molecule has 0 aliphatic heterocycles. The first-order valence-corrected chi connectivity index (χ1v) is 8.58. The first kappa shape index (κ1) is 12.4. The summed E-state index contributed by atoms with van der Waals surface area (Å²) in [5, 5.41) is 0. The summed E-state index contributed by atoms with van der Waals surface area (Å²) in [6, 6.07) is 8.16. The molecule has 1 aromatic carbocycles. The van der Waals surface area contributed by atoms with Gasteiger partial charge in [0.1, 0.15) is 0 Å². The lowest BCUT2D eigenvalue weighted by Gasteiger charge is -2.53. The van der Waals surface area contributed by atoms with E-state index >= 15 is 0 Å². The fraction of sp³-hybridized carbons (Fsp3) is 0.588. The molecule has 4 aliphatic carbocycles. The van der Waals surface area contributed by atoms with Crippen molar-refractivity contribution >= 4 is 28.4 Å². The number of halogens is 1. The molecule has 1 nitrogen and oxygen atoms in total. The van der Waals surface area contributed by atoms with Crippen molar-refractivity contribution in [1.29, 1.82) is 0 Å². The third-order valence-corrected chi connectivity index (χ3v) is 6.38. The van der Waals surface area contributed by atoms with Gasteiger partial charge < -0.3 is 0 Å². The molecule has 0 saturated heterocycles. The summed E-state index contributed by atoms with van der Waals surface area (Å²) in [6.45, 7) is 0. The molecular weight excluding hydrogens is 347 g/mol. The van der Waals surface area contributed by atoms with Gasteiger partial charge in [-0.05, 0) is 90.5 Å². The summed E-state index contributed by atoms with van der Waals surface area (Å²) in [7, 11) is 0. The van der Waals surface area contributed by atoms with Crippen LogP contribution in [0.5, 0.6) is 0 Å². The van der Waals surface area contributed by atoms with Crippen LogP contribution >= 0.6 is 22.6 Å². The highest BCUT2D eigenvalue weighted by atomic mass is 127. The number of carbonyl (C=O) groups excluding carboxylic acids is 1. The molecule has 0 aromatic heterocycles. The predicted octanol–water partition coefficient (Wildman–Crippen LogP) is 4.55. The molecule has 4 saturated carbocycles. The number of carbonyl (C=O) groups is 1. The monoisotopic (exact) mass is 366 g/mol. The molecule has 0 radical (unpaired) electrons. The average Bonchev–Trinajstić information content (AvgIpc) is 2.38. The van der Waals surface area contributed by atoms with E-state index in [-0.39, 0.29) is 0 Å². The van der Waals surface area contributed by atoms with Gasteiger partial charge in [-0.3, -0.25) is 4.79 Å². The van der Waals surface area contributed by atoms with Crippen LogP contribution in [0.2, 0.25) is 0 Å². The van der Waals surface area contributed by atoms with Crippen LogP contribution in [0, 0.1) is 33.2 Å². The van der Waals surface area contributed by atoms with Gasteiger partial charge in [0.15, 0.2) is 5.78 Å². The van der Waals surface area contributed by atoms with Crippen LogP contribution in [-0.4, -0.2) is 5.78 Å². The lowest BCUT2D eigenvalue weighted by Crippen LogP contribution is -2.48. The Bertz CT molecular complexity index is 476. The van der Waals surface area contributed by atoms with E-state index in [1.165, 1.54) is 35.7 Å². The third-order valence-electron chi connectivity index (χ3n) is 5.66. The standard InChI is InChI=1S/C17H19IO/c18-15-3-1-12(2-4-15)17(19)16-13-6-10-5-11(8-13)9-14(16)7-10/h1-4,10-11,13-14,16H,5-9H2. The lowest BCUT2D eigenvalue weighted by molar-refractivity contribution is -0.0251. The number of Topliss-reactive ketones (excluding diaryl/α,β-unsaturated/α-hetero) is 1. The van der Waals surface area contributed by atoms with Crippen molar-refractivity contribution in [2.24, 2.45) is 29.6 Å². The van der Waals surface area contributed by atoms with Gasteiger partial charge in [0.05, 0.1) is 0 Å². The third kappa shape index (κ3) is 2.07. The molecule has 0 unspecified atom stereocenters. The quantitative estimate of drug-likeness (QED) is 0.555. The second-order valence-corrected chi connectivity index (χ2v) is 8.07. The molecule has 0 amide bonds. The Labute approximate surface area is 128 Å². The average molecular weight is 366 g/mol. The van der Waals surface area contributed by atoms with E-state index in [2.05, 4.69) is 34.7 Å². The maximum atomic E-state index is 12.8. The molecule has 0 spiro atoms. The number of rotatable bonds is 2. The maximum absolute atomic E-state index is 12.8. The van der Waals surface area contributed by atoms with E-state index in [1.54, 1.807) is 0 Å². The zero-order valence-corrected chi connectivity index (χ0v) is 13.2. The van der Waals surface area contributed by atoms with Crippen molar-refractivity contribution in [2.45, 2.75) is 32.1 Å². The summed E-state index contributed by atoms with van der Waals surface area (Å²) in [4.78, 5) is 12.8. The van der Waals surface area contributed by atoms with Crippen LogP contribution in [0.25, 0.3) is 0 Å². The summed E-state index contributed by atoms with van der Waals surface area (Å²) in [6.07, 6.45) is 6.76.